The Hall–Kier alpha value is -3.44. The minimum atomic E-state index is -1.01. The van der Waals surface area contributed by atoms with Crippen molar-refractivity contribution in [2.24, 2.45) is 0 Å². The third-order valence-corrected chi connectivity index (χ3v) is 6.59. The summed E-state index contributed by atoms with van der Waals surface area (Å²) in [5.41, 5.74) is 1.66. The van der Waals surface area contributed by atoms with E-state index in [2.05, 4.69) is 47.1 Å². The number of halogens is 2. The van der Waals surface area contributed by atoms with Crippen molar-refractivity contribution in [1.82, 2.24) is 9.97 Å². The number of carboxylic acid groups (broad SMARTS) is 1. The van der Waals surface area contributed by atoms with Crippen LogP contribution in [0, 0.1) is 0 Å². The second-order valence-corrected chi connectivity index (χ2v) is 10.3. The summed E-state index contributed by atoms with van der Waals surface area (Å²) in [6, 6.07) is 10.9. The van der Waals surface area contributed by atoms with Gasteiger partial charge in [0.1, 0.15) is 17.1 Å². The van der Waals surface area contributed by atoms with E-state index in [1.54, 1.807) is 38.6 Å². The highest BCUT2D eigenvalue weighted by molar-refractivity contribution is 9.11. The molecule has 0 aliphatic rings. The maximum atomic E-state index is 11.8. The van der Waals surface area contributed by atoms with Crippen LogP contribution in [-0.2, 0) is 4.74 Å². The summed E-state index contributed by atoms with van der Waals surface area (Å²) in [4.78, 5) is 31.1. The zero-order chi connectivity index (χ0) is 27.3. The van der Waals surface area contributed by atoms with Crippen molar-refractivity contribution >= 4 is 71.4 Å². The fourth-order valence-corrected chi connectivity index (χ4v) is 4.29. The number of ether oxygens (including phenoxy) is 3. The van der Waals surface area contributed by atoms with Crippen LogP contribution in [0.15, 0.2) is 57.7 Å². The predicted molar refractivity (Wildman–Crippen MR) is 149 cm³/mol. The van der Waals surface area contributed by atoms with Crippen LogP contribution in [0.25, 0.3) is 21.8 Å². The van der Waals surface area contributed by atoms with E-state index in [4.69, 9.17) is 19.3 Å². The van der Waals surface area contributed by atoms with E-state index in [0.29, 0.717) is 15.9 Å². The fourth-order valence-electron chi connectivity index (χ4n) is 3.18. The maximum Gasteiger partial charge on any atom is 0.412 e. The van der Waals surface area contributed by atoms with E-state index in [-0.39, 0.29) is 5.56 Å². The summed E-state index contributed by atoms with van der Waals surface area (Å²) in [6.45, 7) is 5.43. The largest absolute Gasteiger partial charge is 0.497 e. The molecular weight excluding hydrogens is 610 g/mol. The predicted octanol–water partition coefficient (Wildman–Crippen LogP) is 7.06. The number of carbonyl (C=O) groups is 2. The van der Waals surface area contributed by atoms with Gasteiger partial charge in [-0.3, -0.25) is 15.3 Å². The summed E-state index contributed by atoms with van der Waals surface area (Å²) >= 11 is 6.76. The number of benzene rings is 2. The molecule has 0 fully saturated rings. The van der Waals surface area contributed by atoms with Crippen LogP contribution in [0.1, 0.15) is 31.1 Å². The average molecular weight is 635 g/mol. The number of pyridine rings is 2. The summed E-state index contributed by atoms with van der Waals surface area (Å²) in [5, 5.41) is 13.2. The lowest BCUT2D eigenvalue weighted by Crippen LogP contribution is -2.27. The second-order valence-electron chi connectivity index (χ2n) is 8.67. The average Bonchev–Trinajstić information content (AvgIpc) is 2.84. The maximum absolute atomic E-state index is 11.8. The Balaban J connectivity index is 0.000000213. The van der Waals surface area contributed by atoms with Crippen LogP contribution in [0.3, 0.4) is 0 Å². The van der Waals surface area contributed by atoms with E-state index < -0.39 is 17.7 Å². The second kappa shape index (κ2) is 11.7. The Morgan fingerprint density at radius 2 is 1.38 bits per heavy atom. The topological polar surface area (TPSA) is 120 Å². The van der Waals surface area contributed by atoms with Crippen LogP contribution in [0.2, 0.25) is 0 Å². The summed E-state index contributed by atoms with van der Waals surface area (Å²) in [6.07, 6.45) is 2.40. The lowest BCUT2D eigenvalue weighted by atomic mass is 10.1. The highest BCUT2D eigenvalue weighted by Gasteiger charge is 2.18. The summed E-state index contributed by atoms with van der Waals surface area (Å²) < 4.78 is 16.8. The molecule has 0 radical (unpaired) electrons. The molecule has 0 saturated carbocycles. The molecular formula is C26H25Br2N3O6. The number of methoxy groups -OCH3 is 2. The zero-order valence-electron chi connectivity index (χ0n) is 20.8. The van der Waals surface area contributed by atoms with Gasteiger partial charge in [0.2, 0.25) is 0 Å². The van der Waals surface area contributed by atoms with Gasteiger partial charge < -0.3 is 19.3 Å². The number of carbonyl (C=O) groups excluding carboxylic acids is 1. The number of nitrogens with zero attached hydrogens (tertiary/aromatic N) is 2. The first kappa shape index (κ1) is 28.1. The molecule has 2 heterocycles. The number of aromatic nitrogens is 2. The molecule has 4 aromatic rings. The first-order chi connectivity index (χ1) is 17.4. The lowest BCUT2D eigenvalue weighted by molar-refractivity contribution is 0.0634. The standard InChI is InChI=1S/C15H17BrN2O3.C11H8BrNO3/c1-15(2,3)21-14(19)18-12-8-17-11-6-5-9(20-4)7-10(11)13(12)16;1-16-6-2-3-9-7(4-6)10(12)8(5-13-9)11(14)15/h5-8H,1-4H3,(H,18,19);2-5H,1H3,(H,14,15). The van der Waals surface area contributed by atoms with Crippen molar-refractivity contribution in [2.75, 3.05) is 19.5 Å². The molecule has 2 N–H and O–H groups in total. The van der Waals surface area contributed by atoms with Gasteiger partial charge in [0.25, 0.3) is 0 Å². The van der Waals surface area contributed by atoms with Crippen molar-refractivity contribution in [3.8, 4) is 11.5 Å². The van der Waals surface area contributed by atoms with E-state index in [9.17, 15) is 9.59 Å². The summed E-state index contributed by atoms with van der Waals surface area (Å²) in [5.74, 6) is 0.376. The number of nitrogens with one attached hydrogen (secondary N) is 1. The third kappa shape index (κ3) is 7.07. The highest BCUT2D eigenvalue weighted by atomic mass is 79.9. The van der Waals surface area contributed by atoms with Gasteiger partial charge in [0, 0.05) is 21.4 Å². The first-order valence-electron chi connectivity index (χ1n) is 10.9. The SMILES string of the molecule is COc1ccc2ncc(C(=O)O)c(Br)c2c1.COc1ccc2ncc(NC(=O)OC(C)(C)C)c(Br)c2c1. The van der Waals surface area contributed by atoms with Crippen LogP contribution in [0.4, 0.5) is 10.5 Å². The normalized spacial score (nSPS) is 10.9. The molecule has 0 aliphatic heterocycles. The Bertz CT molecular complexity index is 1470. The Labute approximate surface area is 230 Å². The number of hydrogen-bond acceptors (Lipinski definition) is 7. The summed E-state index contributed by atoms with van der Waals surface area (Å²) in [7, 11) is 3.16. The van der Waals surface area contributed by atoms with Gasteiger partial charge in [-0.2, -0.15) is 0 Å². The van der Waals surface area contributed by atoms with Gasteiger partial charge in [-0.05, 0) is 89.0 Å². The number of hydrogen-bond donors (Lipinski definition) is 2. The number of fused-ring (bicyclic) bond motifs is 2. The van der Waals surface area contributed by atoms with Crippen molar-refractivity contribution in [3.05, 3.63) is 63.3 Å². The molecule has 0 aliphatic carbocycles. The van der Waals surface area contributed by atoms with Gasteiger partial charge in [0.05, 0.1) is 47.2 Å². The van der Waals surface area contributed by atoms with E-state index >= 15 is 0 Å². The molecule has 37 heavy (non-hydrogen) atoms. The monoisotopic (exact) mass is 633 g/mol. The number of amides is 1. The zero-order valence-corrected chi connectivity index (χ0v) is 23.9. The molecule has 2 aromatic carbocycles. The Morgan fingerprint density at radius 1 is 0.865 bits per heavy atom. The van der Waals surface area contributed by atoms with Crippen molar-refractivity contribution in [3.63, 3.8) is 0 Å². The molecule has 0 atom stereocenters. The molecule has 1 amide bonds. The Morgan fingerprint density at radius 3 is 1.86 bits per heavy atom. The van der Waals surface area contributed by atoms with E-state index in [0.717, 1.165) is 32.0 Å². The number of anilines is 1. The quantitative estimate of drug-likeness (QED) is 0.245. The van der Waals surface area contributed by atoms with E-state index in [1.807, 2.05) is 39.0 Å². The first-order valence-corrected chi connectivity index (χ1v) is 12.5. The van der Waals surface area contributed by atoms with Gasteiger partial charge >= 0.3 is 12.1 Å². The van der Waals surface area contributed by atoms with Crippen LogP contribution >= 0.6 is 31.9 Å². The van der Waals surface area contributed by atoms with Crippen LogP contribution in [-0.4, -0.2) is 47.0 Å². The fraction of sp³-hybridized carbons (Fsp3) is 0.231. The minimum Gasteiger partial charge on any atom is -0.497 e. The number of carboxylic acids is 1. The minimum absolute atomic E-state index is 0.140. The third-order valence-electron chi connectivity index (χ3n) is 4.88. The molecule has 2 aromatic heterocycles. The van der Waals surface area contributed by atoms with Gasteiger partial charge in [-0.15, -0.1) is 0 Å². The van der Waals surface area contributed by atoms with Gasteiger partial charge in [-0.25, -0.2) is 9.59 Å². The molecule has 9 nitrogen and oxygen atoms in total. The van der Waals surface area contributed by atoms with Crippen molar-refractivity contribution in [2.45, 2.75) is 26.4 Å². The highest BCUT2D eigenvalue weighted by Crippen LogP contribution is 2.32. The molecule has 0 bridgehead atoms. The number of aromatic carboxylic acids is 1. The van der Waals surface area contributed by atoms with Crippen molar-refractivity contribution < 1.29 is 28.9 Å². The van der Waals surface area contributed by atoms with Gasteiger partial charge in [-0.1, -0.05) is 0 Å². The molecule has 4 rings (SSSR count). The molecule has 0 spiro atoms. The number of rotatable bonds is 4. The lowest BCUT2D eigenvalue weighted by Gasteiger charge is -2.20. The molecule has 11 heteroatoms. The smallest absolute Gasteiger partial charge is 0.412 e. The molecule has 194 valence electrons. The molecule has 0 saturated heterocycles. The van der Waals surface area contributed by atoms with Crippen LogP contribution in [0.5, 0.6) is 11.5 Å². The van der Waals surface area contributed by atoms with Crippen LogP contribution < -0.4 is 14.8 Å². The Kier molecular flexibility index (Phi) is 8.93. The molecule has 0 unspecified atom stereocenters. The van der Waals surface area contributed by atoms with E-state index in [1.165, 1.54) is 6.20 Å². The van der Waals surface area contributed by atoms with Gasteiger partial charge in [0.15, 0.2) is 0 Å². The van der Waals surface area contributed by atoms with Crippen molar-refractivity contribution in [1.29, 1.82) is 0 Å².